The number of likely N-dealkylation sites (N-methyl/N-ethyl adjacent to an activating group) is 1. The zero-order valence-electron chi connectivity index (χ0n) is 23.0. The molecule has 5 rings (SSSR count). The number of rotatable bonds is 11. The van der Waals surface area contributed by atoms with Gasteiger partial charge in [0.1, 0.15) is 36.6 Å². The van der Waals surface area contributed by atoms with Crippen molar-refractivity contribution in [2.75, 3.05) is 20.2 Å². The fraction of sp³-hybridized carbons (Fsp3) is 0.258. The molecule has 1 atom stereocenters. The molecule has 0 aliphatic carbocycles. The van der Waals surface area contributed by atoms with Gasteiger partial charge >= 0.3 is 6.09 Å². The van der Waals surface area contributed by atoms with Crippen LogP contribution in [0.25, 0.3) is 22.2 Å². The summed E-state index contributed by atoms with van der Waals surface area (Å²) in [6.07, 6.45) is 0.175. The number of halogens is 1. The maximum Gasteiger partial charge on any atom is 0.407 e. The lowest BCUT2D eigenvalue weighted by Crippen LogP contribution is -2.47. The van der Waals surface area contributed by atoms with Gasteiger partial charge in [-0.15, -0.1) is 0 Å². The van der Waals surface area contributed by atoms with Gasteiger partial charge in [-0.1, -0.05) is 30.3 Å². The number of H-pyrrole nitrogens is 1. The van der Waals surface area contributed by atoms with Gasteiger partial charge in [0, 0.05) is 41.7 Å². The zero-order valence-corrected chi connectivity index (χ0v) is 23.0. The maximum atomic E-state index is 13.8. The average Bonchev–Trinajstić information content (AvgIpc) is 3.38. The lowest BCUT2D eigenvalue weighted by Gasteiger charge is -2.20. The molecule has 0 saturated carbocycles. The molecule has 11 heteroatoms. The third-order valence-electron chi connectivity index (χ3n) is 6.88. The fourth-order valence-corrected chi connectivity index (χ4v) is 4.77. The molecule has 3 amide bonds. The van der Waals surface area contributed by atoms with Crippen LogP contribution in [0.2, 0.25) is 0 Å². The molecule has 3 aromatic carbocycles. The van der Waals surface area contributed by atoms with E-state index in [-0.39, 0.29) is 38.1 Å². The minimum Gasteiger partial charge on any atom is -0.488 e. The van der Waals surface area contributed by atoms with Gasteiger partial charge in [-0.25, -0.2) is 9.18 Å². The molecule has 2 heterocycles. The highest BCUT2D eigenvalue weighted by atomic mass is 19.1. The van der Waals surface area contributed by atoms with Crippen molar-refractivity contribution in [1.82, 2.24) is 20.9 Å². The number of carbonyl (C=O) groups excluding carboxylic acids is 3. The highest BCUT2D eigenvalue weighted by Crippen LogP contribution is 2.42. The van der Waals surface area contributed by atoms with Crippen LogP contribution in [0.15, 0.2) is 66.7 Å². The Bertz CT molecular complexity index is 1590. The van der Waals surface area contributed by atoms with Crippen molar-refractivity contribution in [2.24, 2.45) is 0 Å². The second-order valence-corrected chi connectivity index (χ2v) is 9.77. The Kier molecular flexibility index (Phi) is 8.86. The van der Waals surface area contributed by atoms with E-state index in [2.05, 4.69) is 20.9 Å². The topological polar surface area (TPSA) is 131 Å². The van der Waals surface area contributed by atoms with E-state index >= 15 is 0 Å². The van der Waals surface area contributed by atoms with E-state index in [0.717, 1.165) is 33.3 Å². The number of aromatic amines is 1. The third-order valence-corrected chi connectivity index (χ3v) is 6.88. The summed E-state index contributed by atoms with van der Waals surface area (Å²) in [6, 6.07) is 18.3. The van der Waals surface area contributed by atoms with Gasteiger partial charge in [0.05, 0.1) is 5.69 Å². The van der Waals surface area contributed by atoms with Gasteiger partial charge < -0.3 is 35.1 Å². The Morgan fingerprint density at radius 2 is 1.90 bits per heavy atom. The van der Waals surface area contributed by atoms with E-state index < -0.39 is 18.0 Å². The predicted octanol–water partition coefficient (Wildman–Crippen LogP) is 4.18. The van der Waals surface area contributed by atoms with Crippen LogP contribution in [0.1, 0.15) is 24.0 Å². The second kappa shape index (κ2) is 13.1. The van der Waals surface area contributed by atoms with Crippen molar-refractivity contribution in [3.63, 3.8) is 0 Å². The van der Waals surface area contributed by atoms with Crippen LogP contribution in [0.3, 0.4) is 0 Å². The number of fused-ring (bicyclic) bond motifs is 5. The number of hydrogen-bond acceptors (Lipinski definition) is 6. The first-order valence-corrected chi connectivity index (χ1v) is 13.6. The molecule has 1 aliphatic rings. The van der Waals surface area contributed by atoms with E-state index in [1.165, 1.54) is 19.2 Å². The first-order chi connectivity index (χ1) is 20.4. The van der Waals surface area contributed by atoms with Crippen LogP contribution in [0.5, 0.6) is 11.5 Å². The van der Waals surface area contributed by atoms with Crippen molar-refractivity contribution in [3.8, 4) is 22.8 Å². The van der Waals surface area contributed by atoms with E-state index in [0.29, 0.717) is 24.3 Å². The first-order valence-electron chi connectivity index (χ1n) is 13.6. The number of alkyl carbamates (subject to hydrolysis) is 1. The van der Waals surface area contributed by atoms with Crippen LogP contribution in [-0.2, 0) is 27.5 Å². The lowest BCUT2D eigenvalue weighted by atomic mass is 10.0. The molecule has 218 valence electrons. The largest absolute Gasteiger partial charge is 0.488 e. The Morgan fingerprint density at radius 1 is 1.07 bits per heavy atom. The minimum absolute atomic E-state index is 0.158. The molecule has 0 radical (unpaired) electrons. The Balaban J connectivity index is 1.10. The molecule has 0 saturated heterocycles. The number of nitrogens with one attached hydrogen (secondary N) is 4. The lowest BCUT2D eigenvalue weighted by molar-refractivity contribution is -0.129. The minimum atomic E-state index is -0.801. The number of aromatic nitrogens is 1. The number of benzene rings is 3. The molecule has 1 unspecified atom stereocenters. The second-order valence-electron chi connectivity index (χ2n) is 9.77. The predicted molar refractivity (Wildman–Crippen MR) is 153 cm³/mol. The maximum absolute atomic E-state index is 13.8. The highest BCUT2D eigenvalue weighted by molar-refractivity contribution is 5.93. The smallest absolute Gasteiger partial charge is 0.407 e. The molecule has 42 heavy (non-hydrogen) atoms. The molecule has 0 bridgehead atoms. The molecule has 0 spiro atoms. The first kappa shape index (κ1) is 28.5. The summed E-state index contributed by atoms with van der Waals surface area (Å²) in [6.45, 7) is 0.386. The van der Waals surface area contributed by atoms with Crippen molar-refractivity contribution < 1.29 is 33.0 Å². The van der Waals surface area contributed by atoms with E-state index in [9.17, 15) is 18.8 Å². The molecule has 4 N–H and O–H groups in total. The van der Waals surface area contributed by atoms with E-state index in [1.54, 1.807) is 18.2 Å². The highest BCUT2D eigenvalue weighted by Gasteiger charge is 2.23. The van der Waals surface area contributed by atoms with Crippen LogP contribution < -0.4 is 25.4 Å². The Labute approximate surface area is 241 Å². The van der Waals surface area contributed by atoms with Crippen molar-refractivity contribution >= 4 is 28.8 Å². The quantitative estimate of drug-likeness (QED) is 0.199. The summed E-state index contributed by atoms with van der Waals surface area (Å²) in [5.74, 6) is -0.148. The summed E-state index contributed by atoms with van der Waals surface area (Å²) in [5.41, 5.74) is 4.24. The van der Waals surface area contributed by atoms with Crippen LogP contribution >= 0.6 is 0 Å². The molecular formula is C31H31FN4O6. The zero-order chi connectivity index (χ0) is 29.5. The summed E-state index contributed by atoms with van der Waals surface area (Å²) in [5, 5.41) is 8.64. The summed E-state index contributed by atoms with van der Waals surface area (Å²) in [7, 11) is 1.49. The Hall–Kier alpha value is -5.06. The monoisotopic (exact) mass is 574 g/mol. The van der Waals surface area contributed by atoms with Gasteiger partial charge in [0.25, 0.3) is 5.91 Å². The van der Waals surface area contributed by atoms with Crippen LogP contribution in [0.4, 0.5) is 9.18 Å². The standard InChI is InChI=1S/C31H31FN4O6/c1-33-30(38)26(8-5-13-34-31(39)42-16-19-6-3-2-4-7-19)35-28(37)18-40-21-10-11-22-27(15-21)41-17-24-23-14-20(32)9-12-25(23)36-29(22)24/h2-4,6-7,9-12,14-15,26,36H,5,8,13,16-18H2,1H3,(H,33,38)(H,34,39)(H,35,37). The summed E-state index contributed by atoms with van der Waals surface area (Å²) >= 11 is 0. The van der Waals surface area contributed by atoms with E-state index in [1.807, 2.05) is 36.4 Å². The van der Waals surface area contributed by atoms with Crippen LogP contribution in [-0.4, -0.2) is 49.1 Å². The molecule has 1 aromatic heterocycles. The van der Waals surface area contributed by atoms with Gasteiger partial charge in [0.15, 0.2) is 6.61 Å². The molecule has 10 nitrogen and oxygen atoms in total. The molecule has 0 fully saturated rings. The van der Waals surface area contributed by atoms with E-state index in [4.69, 9.17) is 14.2 Å². The Morgan fingerprint density at radius 3 is 2.71 bits per heavy atom. The van der Waals surface area contributed by atoms with Gasteiger partial charge in [-0.05, 0) is 48.7 Å². The van der Waals surface area contributed by atoms with Gasteiger partial charge in [0.2, 0.25) is 5.91 Å². The molecule has 4 aromatic rings. The molecular weight excluding hydrogens is 543 g/mol. The van der Waals surface area contributed by atoms with Crippen molar-refractivity contribution in [1.29, 1.82) is 0 Å². The summed E-state index contributed by atoms with van der Waals surface area (Å²) in [4.78, 5) is 40.2. The third kappa shape index (κ3) is 6.80. The van der Waals surface area contributed by atoms with Crippen molar-refractivity contribution in [3.05, 3.63) is 83.7 Å². The fourth-order valence-electron chi connectivity index (χ4n) is 4.77. The van der Waals surface area contributed by atoms with Crippen LogP contribution in [0, 0.1) is 5.82 Å². The number of amides is 3. The SMILES string of the molecule is CNC(=O)C(CCCNC(=O)OCc1ccccc1)NC(=O)COc1ccc2c(c1)OCc1c-2[nH]c2ccc(F)cc12. The van der Waals surface area contributed by atoms with Gasteiger partial charge in [-0.3, -0.25) is 9.59 Å². The van der Waals surface area contributed by atoms with Gasteiger partial charge in [-0.2, -0.15) is 0 Å². The van der Waals surface area contributed by atoms with Crippen molar-refractivity contribution in [2.45, 2.75) is 32.1 Å². The number of carbonyl (C=O) groups is 3. The summed E-state index contributed by atoms with van der Waals surface area (Å²) < 4.78 is 30.5. The number of hydrogen-bond donors (Lipinski definition) is 4. The normalized spacial score (nSPS) is 12.3. The molecule has 1 aliphatic heterocycles. The average molecular weight is 575 g/mol. The number of ether oxygens (including phenoxy) is 3.